The summed E-state index contributed by atoms with van der Waals surface area (Å²) in [4.78, 5) is 23.2. The van der Waals surface area contributed by atoms with Crippen LogP contribution in [0.1, 0.15) is 29.7 Å². The van der Waals surface area contributed by atoms with E-state index in [1.165, 1.54) is 5.56 Å². The average molecular weight is 448 g/mol. The Kier molecular flexibility index (Phi) is 6.48. The van der Waals surface area contributed by atoms with Gasteiger partial charge in [0.05, 0.1) is 17.6 Å². The number of nitrogens with one attached hydrogen (secondary N) is 2. The first-order chi connectivity index (χ1) is 16.2. The van der Waals surface area contributed by atoms with Gasteiger partial charge in [0.2, 0.25) is 5.95 Å². The lowest BCUT2D eigenvalue weighted by molar-refractivity contribution is 0.0803. The number of rotatable bonds is 6. The Morgan fingerprint density at radius 1 is 1.18 bits per heavy atom. The molecule has 9 nitrogen and oxygen atoms in total. The molecule has 4 heterocycles. The standard InChI is InChI=1S/C24H29N7O2/c32-24(33-17-19-4-2-1-3-5-19)30-10-7-18(8-11-30)15-31-16-21(13-27-31)28-23-26-12-20-6-9-25-14-22(20)29-23/h1-5,12-13,16,18,25H,6-11,14-15,17H2,(H,26,28,29). The summed E-state index contributed by atoms with van der Waals surface area (Å²) in [6.07, 6.45) is 8.31. The Bertz CT molecular complexity index is 1080. The number of aromatic nitrogens is 4. The molecule has 9 heteroatoms. The van der Waals surface area contributed by atoms with Gasteiger partial charge in [-0.1, -0.05) is 30.3 Å². The lowest BCUT2D eigenvalue weighted by atomic mass is 9.97. The summed E-state index contributed by atoms with van der Waals surface area (Å²) >= 11 is 0. The van der Waals surface area contributed by atoms with Gasteiger partial charge in [0.1, 0.15) is 6.61 Å². The second-order valence-electron chi connectivity index (χ2n) is 8.64. The first-order valence-electron chi connectivity index (χ1n) is 11.5. The number of anilines is 2. The van der Waals surface area contributed by atoms with E-state index in [4.69, 9.17) is 4.74 Å². The number of amides is 1. The monoisotopic (exact) mass is 447 g/mol. The van der Waals surface area contributed by atoms with Crippen molar-refractivity contribution < 1.29 is 9.53 Å². The molecule has 3 aromatic rings. The van der Waals surface area contributed by atoms with Gasteiger partial charge < -0.3 is 20.3 Å². The molecule has 172 valence electrons. The van der Waals surface area contributed by atoms with Crippen molar-refractivity contribution in [2.45, 2.75) is 39.0 Å². The fourth-order valence-electron chi connectivity index (χ4n) is 4.32. The number of nitrogens with zero attached hydrogens (tertiary/aromatic N) is 5. The van der Waals surface area contributed by atoms with E-state index in [2.05, 4.69) is 25.7 Å². The van der Waals surface area contributed by atoms with Crippen LogP contribution in [0.4, 0.5) is 16.4 Å². The molecule has 1 fully saturated rings. The van der Waals surface area contributed by atoms with Crippen LogP contribution >= 0.6 is 0 Å². The molecule has 0 bridgehead atoms. The van der Waals surface area contributed by atoms with Gasteiger partial charge in [-0.3, -0.25) is 4.68 Å². The predicted molar refractivity (Wildman–Crippen MR) is 124 cm³/mol. The molecule has 2 aliphatic rings. The van der Waals surface area contributed by atoms with Gasteiger partial charge in [-0.05, 0) is 42.9 Å². The van der Waals surface area contributed by atoms with Crippen LogP contribution in [0.5, 0.6) is 0 Å². The van der Waals surface area contributed by atoms with Crippen molar-refractivity contribution in [1.29, 1.82) is 0 Å². The van der Waals surface area contributed by atoms with Crippen LogP contribution in [-0.2, 0) is 30.9 Å². The molecular weight excluding hydrogens is 418 g/mol. The molecule has 33 heavy (non-hydrogen) atoms. The smallest absolute Gasteiger partial charge is 0.410 e. The van der Waals surface area contributed by atoms with Crippen molar-refractivity contribution in [3.63, 3.8) is 0 Å². The normalized spacial score (nSPS) is 16.3. The lowest BCUT2D eigenvalue weighted by Crippen LogP contribution is -2.39. The van der Waals surface area contributed by atoms with Gasteiger partial charge in [-0.2, -0.15) is 5.10 Å². The highest BCUT2D eigenvalue weighted by Gasteiger charge is 2.24. The van der Waals surface area contributed by atoms with E-state index in [0.29, 0.717) is 31.6 Å². The molecule has 0 saturated carbocycles. The van der Waals surface area contributed by atoms with Gasteiger partial charge in [-0.15, -0.1) is 0 Å². The maximum Gasteiger partial charge on any atom is 0.410 e. The molecule has 1 aromatic carbocycles. The molecule has 2 N–H and O–H groups in total. The number of fused-ring (bicyclic) bond motifs is 1. The maximum absolute atomic E-state index is 12.4. The van der Waals surface area contributed by atoms with Crippen LogP contribution in [-0.4, -0.2) is 50.4 Å². The summed E-state index contributed by atoms with van der Waals surface area (Å²) in [6.45, 7) is 4.31. The summed E-state index contributed by atoms with van der Waals surface area (Å²) < 4.78 is 7.42. The summed E-state index contributed by atoms with van der Waals surface area (Å²) in [5.74, 6) is 1.07. The number of likely N-dealkylation sites (tertiary alicyclic amines) is 1. The van der Waals surface area contributed by atoms with Crippen LogP contribution in [0.3, 0.4) is 0 Å². The Balaban J connectivity index is 1.08. The van der Waals surface area contributed by atoms with Crippen molar-refractivity contribution >= 4 is 17.7 Å². The van der Waals surface area contributed by atoms with Gasteiger partial charge in [0.15, 0.2) is 0 Å². The minimum Gasteiger partial charge on any atom is -0.445 e. The van der Waals surface area contributed by atoms with Crippen molar-refractivity contribution in [2.24, 2.45) is 5.92 Å². The van der Waals surface area contributed by atoms with Crippen LogP contribution in [0.15, 0.2) is 48.9 Å². The van der Waals surface area contributed by atoms with E-state index < -0.39 is 0 Å². The zero-order valence-electron chi connectivity index (χ0n) is 18.6. The minimum atomic E-state index is -0.233. The van der Waals surface area contributed by atoms with E-state index in [-0.39, 0.29) is 6.09 Å². The molecule has 1 saturated heterocycles. The molecule has 0 atom stereocenters. The lowest BCUT2D eigenvalue weighted by Gasteiger charge is -2.31. The second kappa shape index (κ2) is 9.99. The topological polar surface area (TPSA) is 97.2 Å². The van der Waals surface area contributed by atoms with Crippen LogP contribution in [0.2, 0.25) is 0 Å². The van der Waals surface area contributed by atoms with Crippen molar-refractivity contribution in [3.8, 4) is 0 Å². The number of hydrogen-bond acceptors (Lipinski definition) is 7. The van der Waals surface area contributed by atoms with E-state index >= 15 is 0 Å². The van der Waals surface area contributed by atoms with Crippen LogP contribution in [0, 0.1) is 5.92 Å². The fraction of sp³-hybridized carbons (Fsp3) is 0.417. The van der Waals surface area contributed by atoms with Gasteiger partial charge in [0, 0.05) is 38.6 Å². The molecule has 2 aliphatic heterocycles. The number of hydrogen-bond donors (Lipinski definition) is 2. The van der Waals surface area contributed by atoms with Crippen molar-refractivity contribution in [2.75, 3.05) is 25.0 Å². The molecule has 0 radical (unpaired) electrons. The van der Waals surface area contributed by atoms with Crippen LogP contribution in [0.25, 0.3) is 0 Å². The third-order valence-corrected chi connectivity index (χ3v) is 6.23. The molecule has 5 rings (SSSR count). The Morgan fingerprint density at radius 2 is 2.03 bits per heavy atom. The third kappa shape index (κ3) is 5.48. The Labute approximate surface area is 193 Å². The first kappa shape index (κ1) is 21.4. The van der Waals surface area contributed by atoms with Crippen molar-refractivity contribution in [3.05, 3.63) is 65.7 Å². The number of piperidine rings is 1. The SMILES string of the molecule is O=C(OCc1ccccc1)N1CCC(Cn2cc(Nc3ncc4c(n3)CNCC4)cn2)CC1. The minimum absolute atomic E-state index is 0.233. The largest absolute Gasteiger partial charge is 0.445 e. The maximum atomic E-state index is 12.4. The fourth-order valence-corrected chi connectivity index (χ4v) is 4.32. The number of carbonyl (C=O) groups is 1. The summed E-state index contributed by atoms with van der Waals surface area (Å²) in [7, 11) is 0. The van der Waals surface area contributed by atoms with Crippen molar-refractivity contribution in [1.82, 2.24) is 30.0 Å². The molecule has 0 aliphatic carbocycles. The number of ether oxygens (including phenoxy) is 1. The van der Waals surface area contributed by atoms with E-state index in [9.17, 15) is 4.79 Å². The number of carbonyl (C=O) groups excluding carboxylic acids is 1. The van der Waals surface area contributed by atoms with E-state index in [1.807, 2.05) is 47.4 Å². The zero-order chi connectivity index (χ0) is 22.5. The van der Waals surface area contributed by atoms with Crippen LogP contribution < -0.4 is 10.6 Å². The average Bonchev–Trinajstić information content (AvgIpc) is 3.30. The first-order valence-corrected chi connectivity index (χ1v) is 11.5. The van der Waals surface area contributed by atoms with E-state index in [0.717, 1.165) is 55.8 Å². The number of benzene rings is 1. The Morgan fingerprint density at radius 3 is 2.88 bits per heavy atom. The molecule has 2 aromatic heterocycles. The van der Waals surface area contributed by atoms with Gasteiger partial charge >= 0.3 is 6.09 Å². The molecule has 1 amide bonds. The molecular formula is C24H29N7O2. The third-order valence-electron chi connectivity index (χ3n) is 6.23. The molecule has 0 unspecified atom stereocenters. The highest BCUT2D eigenvalue weighted by molar-refractivity contribution is 5.67. The summed E-state index contributed by atoms with van der Waals surface area (Å²) in [5.41, 5.74) is 4.15. The zero-order valence-corrected chi connectivity index (χ0v) is 18.6. The second-order valence-corrected chi connectivity index (χ2v) is 8.64. The summed E-state index contributed by atoms with van der Waals surface area (Å²) in [5, 5.41) is 11.1. The molecule has 0 spiro atoms. The summed E-state index contributed by atoms with van der Waals surface area (Å²) in [6, 6.07) is 9.77. The van der Waals surface area contributed by atoms with Gasteiger partial charge in [0.25, 0.3) is 0 Å². The van der Waals surface area contributed by atoms with E-state index in [1.54, 1.807) is 11.1 Å². The Hall–Kier alpha value is -3.46. The quantitative estimate of drug-likeness (QED) is 0.599. The highest BCUT2D eigenvalue weighted by Crippen LogP contribution is 2.21. The highest BCUT2D eigenvalue weighted by atomic mass is 16.6. The predicted octanol–water partition coefficient (Wildman–Crippen LogP) is 3.11. The van der Waals surface area contributed by atoms with Gasteiger partial charge in [-0.25, -0.2) is 14.8 Å².